The Morgan fingerprint density at radius 1 is 1.11 bits per heavy atom. The molecule has 4 heteroatoms. The summed E-state index contributed by atoms with van der Waals surface area (Å²) in [7, 11) is 0. The molecule has 0 spiro atoms. The van der Waals surface area contributed by atoms with Crippen LogP contribution < -0.4 is 5.32 Å². The van der Waals surface area contributed by atoms with Gasteiger partial charge in [0.25, 0.3) is 6.43 Å². The topological polar surface area (TPSA) is 12.0 Å². The zero-order valence-corrected chi connectivity index (χ0v) is 12.6. The molecule has 0 saturated heterocycles. The highest BCUT2D eigenvalue weighted by atomic mass is 127. The zero-order chi connectivity index (χ0) is 13.8. The first-order chi connectivity index (χ1) is 9.06. The van der Waals surface area contributed by atoms with E-state index in [0.717, 1.165) is 11.3 Å². The first-order valence-electron chi connectivity index (χ1n) is 5.93. The van der Waals surface area contributed by atoms with Gasteiger partial charge in [0.15, 0.2) is 0 Å². The summed E-state index contributed by atoms with van der Waals surface area (Å²) in [5.74, 6) is 0. The summed E-state index contributed by atoms with van der Waals surface area (Å²) in [6, 6.07) is 12.6. The molecule has 2 aromatic rings. The largest absolute Gasteiger partial charge is 0.381 e. The quantitative estimate of drug-likeness (QED) is 0.731. The van der Waals surface area contributed by atoms with Crippen molar-refractivity contribution in [3.63, 3.8) is 0 Å². The van der Waals surface area contributed by atoms with Crippen LogP contribution in [-0.2, 0) is 6.54 Å². The summed E-state index contributed by atoms with van der Waals surface area (Å²) in [6.07, 6.45) is -2.40. The van der Waals surface area contributed by atoms with Crippen LogP contribution in [0.3, 0.4) is 0 Å². The van der Waals surface area contributed by atoms with Crippen molar-refractivity contribution in [1.29, 1.82) is 0 Å². The number of alkyl halides is 2. The first kappa shape index (κ1) is 14.2. The summed E-state index contributed by atoms with van der Waals surface area (Å²) in [5.41, 5.74) is 3.33. The number of halogens is 3. The lowest BCUT2D eigenvalue weighted by Crippen LogP contribution is -2.00. The Hall–Kier alpha value is -1.17. The molecule has 2 aromatic carbocycles. The molecule has 0 atom stereocenters. The molecule has 0 amide bonds. The van der Waals surface area contributed by atoms with Gasteiger partial charge in [0.1, 0.15) is 0 Å². The Kier molecular flexibility index (Phi) is 4.74. The minimum Gasteiger partial charge on any atom is -0.381 e. The average Bonchev–Trinajstić information content (AvgIpc) is 2.40. The molecule has 1 N–H and O–H groups in total. The van der Waals surface area contributed by atoms with E-state index in [1.54, 1.807) is 12.1 Å². The molecule has 0 bridgehead atoms. The normalized spacial score (nSPS) is 10.8. The minimum absolute atomic E-state index is 0.0636. The van der Waals surface area contributed by atoms with E-state index in [-0.39, 0.29) is 5.56 Å². The third-order valence-electron chi connectivity index (χ3n) is 2.90. The van der Waals surface area contributed by atoms with Gasteiger partial charge in [-0.25, -0.2) is 8.78 Å². The number of benzene rings is 2. The monoisotopic (exact) mass is 373 g/mol. The van der Waals surface area contributed by atoms with E-state index in [0.29, 0.717) is 6.54 Å². The van der Waals surface area contributed by atoms with Crippen LogP contribution in [0.4, 0.5) is 14.5 Å². The van der Waals surface area contributed by atoms with E-state index in [1.165, 1.54) is 21.3 Å². The second-order valence-corrected chi connectivity index (χ2v) is 5.52. The second-order valence-electron chi connectivity index (χ2n) is 4.36. The van der Waals surface area contributed by atoms with Crippen molar-refractivity contribution >= 4 is 28.3 Å². The van der Waals surface area contributed by atoms with Gasteiger partial charge >= 0.3 is 0 Å². The molecule has 0 fully saturated rings. The summed E-state index contributed by atoms with van der Waals surface area (Å²) in [4.78, 5) is 0. The second kappa shape index (κ2) is 6.32. The van der Waals surface area contributed by atoms with Crippen LogP contribution in [0.5, 0.6) is 0 Å². The van der Waals surface area contributed by atoms with Crippen molar-refractivity contribution in [2.24, 2.45) is 0 Å². The lowest BCUT2D eigenvalue weighted by atomic mass is 10.1. The third kappa shape index (κ3) is 3.89. The van der Waals surface area contributed by atoms with E-state index in [9.17, 15) is 8.78 Å². The Morgan fingerprint density at radius 3 is 2.37 bits per heavy atom. The fourth-order valence-corrected chi connectivity index (χ4v) is 2.20. The average molecular weight is 373 g/mol. The van der Waals surface area contributed by atoms with Gasteiger partial charge in [-0.3, -0.25) is 0 Å². The van der Waals surface area contributed by atoms with Crippen LogP contribution in [0.1, 0.15) is 23.1 Å². The molecule has 0 radical (unpaired) electrons. The SMILES string of the molecule is Cc1ccc(NCc2ccc(C(F)F)cc2)cc1I. The van der Waals surface area contributed by atoms with Crippen LogP contribution in [0.25, 0.3) is 0 Å². The molecule has 0 aromatic heterocycles. The highest BCUT2D eigenvalue weighted by Gasteiger charge is 2.05. The number of rotatable bonds is 4. The Balaban J connectivity index is 2.00. The number of hydrogen-bond donors (Lipinski definition) is 1. The van der Waals surface area contributed by atoms with Gasteiger partial charge in [-0.15, -0.1) is 0 Å². The summed E-state index contributed by atoms with van der Waals surface area (Å²) >= 11 is 2.29. The van der Waals surface area contributed by atoms with Gasteiger partial charge in [0.2, 0.25) is 0 Å². The predicted molar refractivity (Wildman–Crippen MR) is 82.6 cm³/mol. The van der Waals surface area contributed by atoms with Crippen molar-refractivity contribution in [2.45, 2.75) is 19.9 Å². The van der Waals surface area contributed by atoms with Crippen LogP contribution in [0.15, 0.2) is 42.5 Å². The zero-order valence-electron chi connectivity index (χ0n) is 10.5. The molecule has 2 rings (SSSR count). The lowest BCUT2D eigenvalue weighted by Gasteiger charge is -2.09. The van der Waals surface area contributed by atoms with E-state index in [2.05, 4.69) is 47.0 Å². The van der Waals surface area contributed by atoms with Gasteiger partial charge in [0, 0.05) is 21.4 Å². The van der Waals surface area contributed by atoms with E-state index in [1.807, 2.05) is 6.07 Å². The standard InChI is InChI=1S/C15H14F2IN/c1-10-2-7-13(8-14(10)18)19-9-11-3-5-12(6-4-11)15(16)17/h2-8,15,19H,9H2,1H3. The Bertz CT molecular complexity index is 553. The van der Waals surface area contributed by atoms with Crippen LogP contribution in [0, 0.1) is 10.5 Å². The molecule has 0 aliphatic rings. The van der Waals surface area contributed by atoms with Crippen molar-refractivity contribution in [2.75, 3.05) is 5.32 Å². The van der Waals surface area contributed by atoms with Gasteiger partial charge in [0.05, 0.1) is 0 Å². The smallest absolute Gasteiger partial charge is 0.263 e. The maximum atomic E-state index is 12.4. The van der Waals surface area contributed by atoms with Crippen molar-refractivity contribution in [3.8, 4) is 0 Å². The van der Waals surface area contributed by atoms with Crippen molar-refractivity contribution in [3.05, 3.63) is 62.7 Å². The fourth-order valence-electron chi connectivity index (χ4n) is 1.69. The first-order valence-corrected chi connectivity index (χ1v) is 7.01. The molecule has 0 aliphatic heterocycles. The summed E-state index contributed by atoms with van der Waals surface area (Å²) in [6.45, 7) is 2.69. The third-order valence-corrected chi connectivity index (χ3v) is 4.06. The van der Waals surface area contributed by atoms with E-state index in [4.69, 9.17) is 0 Å². The Labute approximate surface area is 125 Å². The summed E-state index contributed by atoms with van der Waals surface area (Å²) < 4.78 is 26.0. The molecule has 0 heterocycles. The molecule has 0 unspecified atom stereocenters. The Morgan fingerprint density at radius 2 is 1.79 bits per heavy atom. The molecular weight excluding hydrogens is 359 g/mol. The van der Waals surface area contributed by atoms with Crippen LogP contribution >= 0.6 is 22.6 Å². The van der Waals surface area contributed by atoms with Gasteiger partial charge in [-0.2, -0.15) is 0 Å². The van der Waals surface area contributed by atoms with E-state index < -0.39 is 6.43 Å². The molecule has 0 saturated carbocycles. The van der Waals surface area contributed by atoms with Crippen molar-refractivity contribution in [1.82, 2.24) is 0 Å². The molecule has 19 heavy (non-hydrogen) atoms. The maximum Gasteiger partial charge on any atom is 0.263 e. The predicted octanol–water partition coefficient (Wildman–Crippen LogP) is 5.15. The maximum absolute atomic E-state index is 12.4. The number of nitrogens with one attached hydrogen (secondary N) is 1. The van der Waals surface area contributed by atoms with Gasteiger partial charge < -0.3 is 5.32 Å². The highest BCUT2D eigenvalue weighted by molar-refractivity contribution is 14.1. The number of anilines is 1. The number of aryl methyl sites for hydroxylation is 1. The van der Waals surface area contributed by atoms with E-state index >= 15 is 0 Å². The molecule has 100 valence electrons. The highest BCUT2D eigenvalue weighted by Crippen LogP contribution is 2.20. The lowest BCUT2D eigenvalue weighted by molar-refractivity contribution is 0.151. The van der Waals surface area contributed by atoms with Gasteiger partial charge in [-0.1, -0.05) is 30.3 Å². The van der Waals surface area contributed by atoms with Crippen LogP contribution in [0.2, 0.25) is 0 Å². The fraction of sp³-hybridized carbons (Fsp3) is 0.200. The van der Waals surface area contributed by atoms with Crippen molar-refractivity contribution < 1.29 is 8.78 Å². The minimum atomic E-state index is -2.40. The van der Waals surface area contributed by atoms with Gasteiger partial charge in [-0.05, 0) is 52.8 Å². The molecule has 1 nitrogen and oxygen atoms in total. The van der Waals surface area contributed by atoms with Crippen LogP contribution in [-0.4, -0.2) is 0 Å². The molecular formula is C15H14F2IN. The number of hydrogen-bond acceptors (Lipinski definition) is 1. The summed E-state index contributed by atoms with van der Waals surface area (Å²) in [5, 5.41) is 3.29. The molecule has 0 aliphatic carbocycles.